The second-order valence-corrected chi connectivity index (χ2v) is 8.67. The zero-order valence-electron chi connectivity index (χ0n) is 18.8. The van der Waals surface area contributed by atoms with Gasteiger partial charge in [-0.05, 0) is 73.9 Å². The van der Waals surface area contributed by atoms with Gasteiger partial charge in [-0.15, -0.1) is 0 Å². The van der Waals surface area contributed by atoms with E-state index in [0.717, 1.165) is 48.1 Å². The molecule has 0 atom stereocenters. The van der Waals surface area contributed by atoms with Gasteiger partial charge in [-0.1, -0.05) is 72.8 Å². The summed E-state index contributed by atoms with van der Waals surface area (Å²) in [5.41, 5.74) is 9.63. The van der Waals surface area contributed by atoms with Gasteiger partial charge in [-0.3, -0.25) is 9.97 Å². The fourth-order valence-corrected chi connectivity index (χ4v) is 4.66. The third-order valence-corrected chi connectivity index (χ3v) is 6.24. The molecule has 0 aliphatic heterocycles. The second-order valence-electron chi connectivity index (χ2n) is 8.67. The van der Waals surface area contributed by atoms with E-state index < -0.39 is 0 Å². The molecular formula is C30H28N2. The molecule has 2 aromatic heterocycles. The first-order valence-corrected chi connectivity index (χ1v) is 11.4. The maximum absolute atomic E-state index is 4.96. The normalized spacial score (nSPS) is 11.3. The predicted molar refractivity (Wildman–Crippen MR) is 134 cm³/mol. The first kappa shape index (κ1) is 20.4. The van der Waals surface area contributed by atoms with E-state index in [2.05, 4.69) is 98.8 Å². The van der Waals surface area contributed by atoms with Crippen molar-refractivity contribution in [2.45, 2.75) is 39.5 Å². The van der Waals surface area contributed by atoms with Crippen LogP contribution >= 0.6 is 0 Å². The number of aromatic nitrogens is 2. The summed E-state index contributed by atoms with van der Waals surface area (Å²) in [4.78, 5) is 9.91. The summed E-state index contributed by atoms with van der Waals surface area (Å²) in [5, 5.41) is 2.46. The highest BCUT2D eigenvalue weighted by atomic mass is 14.8. The van der Waals surface area contributed by atoms with Crippen molar-refractivity contribution in [3.8, 4) is 0 Å². The van der Waals surface area contributed by atoms with Crippen molar-refractivity contribution in [2.75, 3.05) is 0 Å². The maximum atomic E-state index is 4.96. The number of benzene rings is 3. The molecule has 2 nitrogen and oxygen atoms in total. The van der Waals surface area contributed by atoms with E-state index in [-0.39, 0.29) is 0 Å². The SMILES string of the molecule is Cc1cc(CCc2ccccc2)c2ccc3c(CCc4ccccc4)cc(C)nc3c2n1. The lowest BCUT2D eigenvalue weighted by atomic mass is 9.96. The Morgan fingerprint density at radius 3 is 1.31 bits per heavy atom. The van der Waals surface area contributed by atoms with Crippen molar-refractivity contribution in [3.05, 3.63) is 119 Å². The molecular weight excluding hydrogens is 388 g/mol. The van der Waals surface area contributed by atoms with Gasteiger partial charge >= 0.3 is 0 Å². The minimum atomic E-state index is 1.00. The Hall–Kier alpha value is -3.52. The van der Waals surface area contributed by atoms with Gasteiger partial charge in [0, 0.05) is 22.2 Å². The number of nitrogens with zero attached hydrogens (tertiary/aromatic N) is 2. The van der Waals surface area contributed by atoms with Crippen LogP contribution in [0.25, 0.3) is 21.8 Å². The molecule has 0 bridgehead atoms. The molecule has 0 aliphatic rings. The maximum Gasteiger partial charge on any atom is 0.0970 e. The van der Waals surface area contributed by atoms with Gasteiger partial charge in [0.05, 0.1) is 11.0 Å². The van der Waals surface area contributed by atoms with Crippen LogP contribution in [0.1, 0.15) is 33.6 Å². The average Bonchev–Trinajstić information content (AvgIpc) is 2.82. The van der Waals surface area contributed by atoms with E-state index in [0.29, 0.717) is 0 Å². The van der Waals surface area contributed by atoms with E-state index in [1.165, 1.54) is 33.0 Å². The molecule has 2 heteroatoms. The predicted octanol–water partition coefficient (Wildman–Crippen LogP) is 6.97. The van der Waals surface area contributed by atoms with E-state index in [1.807, 2.05) is 0 Å². The van der Waals surface area contributed by atoms with Gasteiger partial charge in [0.15, 0.2) is 0 Å². The van der Waals surface area contributed by atoms with Gasteiger partial charge in [0.1, 0.15) is 0 Å². The standard InChI is InChI=1S/C30H28N2/c1-21-19-25(15-13-23-9-5-3-6-10-23)27-17-18-28-26(16-14-24-11-7-4-8-12-24)20-22(2)32-30(28)29(27)31-21/h3-12,17-20H,13-16H2,1-2H3. The van der Waals surface area contributed by atoms with Crippen LogP contribution in [0.3, 0.4) is 0 Å². The van der Waals surface area contributed by atoms with Crippen molar-refractivity contribution in [3.63, 3.8) is 0 Å². The molecule has 0 radical (unpaired) electrons. The fraction of sp³-hybridized carbons (Fsp3) is 0.200. The second kappa shape index (κ2) is 8.92. The summed E-state index contributed by atoms with van der Waals surface area (Å²) < 4.78 is 0. The zero-order valence-corrected chi connectivity index (χ0v) is 18.8. The van der Waals surface area contributed by atoms with Crippen LogP contribution in [0.2, 0.25) is 0 Å². The Kier molecular flexibility index (Phi) is 5.68. The quantitative estimate of drug-likeness (QED) is 0.279. The number of hydrogen-bond acceptors (Lipinski definition) is 2. The molecule has 32 heavy (non-hydrogen) atoms. The molecule has 0 spiro atoms. The van der Waals surface area contributed by atoms with E-state index >= 15 is 0 Å². The van der Waals surface area contributed by atoms with Crippen molar-refractivity contribution in [2.24, 2.45) is 0 Å². The third kappa shape index (κ3) is 4.27. The lowest BCUT2D eigenvalue weighted by molar-refractivity contribution is 0.960. The van der Waals surface area contributed by atoms with E-state index in [9.17, 15) is 0 Å². The van der Waals surface area contributed by atoms with Gasteiger partial charge in [0.25, 0.3) is 0 Å². The van der Waals surface area contributed by atoms with Crippen LogP contribution in [-0.4, -0.2) is 9.97 Å². The molecule has 3 aromatic carbocycles. The summed E-state index contributed by atoms with van der Waals surface area (Å²) in [6.45, 7) is 4.19. The molecule has 0 aliphatic carbocycles. The van der Waals surface area contributed by atoms with Gasteiger partial charge in [-0.25, -0.2) is 0 Å². The van der Waals surface area contributed by atoms with Gasteiger partial charge < -0.3 is 0 Å². The summed E-state index contributed by atoms with van der Waals surface area (Å²) >= 11 is 0. The molecule has 2 heterocycles. The molecule has 5 aromatic rings. The summed E-state index contributed by atoms with van der Waals surface area (Å²) in [7, 11) is 0. The Bertz CT molecular complexity index is 1260. The monoisotopic (exact) mass is 416 g/mol. The van der Waals surface area contributed by atoms with Crippen LogP contribution < -0.4 is 0 Å². The molecule has 0 fully saturated rings. The van der Waals surface area contributed by atoms with Crippen molar-refractivity contribution in [1.82, 2.24) is 9.97 Å². The molecule has 0 amide bonds. The smallest absolute Gasteiger partial charge is 0.0970 e. The minimum Gasteiger partial charge on any atom is -0.251 e. The Labute approximate surface area is 190 Å². The van der Waals surface area contributed by atoms with Crippen molar-refractivity contribution < 1.29 is 0 Å². The number of hydrogen-bond donors (Lipinski definition) is 0. The number of aryl methyl sites for hydroxylation is 6. The minimum absolute atomic E-state index is 1.00. The molecule has 158 valence electrons. The number of pyridine rings is 2. The Morgan fingerprint density at radius 1 is 0.500 bits per heavy atom. The number of fused-ring (bicyclic) bond motifs is 3. The topological polar surface area (TPSA) is 25.8 Å². The van der Waals surface area contributed by atoms with Crippen molar-refractivity contribution >= 4 is 21.8 Å². The molecule has 0 saturated carbocycles. The van der Waals surface area contributed by atoms with Crippen LogP contribution in [0.5, 0.6) is 0 Å². The van der Waals surface area contributed by atoms with Crippen LogP contribution in [0.4, 0.5) is 0 Å². The van der Waals surface area contributed by atoms with E-state index in [4.69, 9.17) is 9.97 Å². The summed E-state index contributed by atoms with van der Waals surface area (Å²) in [6, 6.07) is 30.4. The van der Waals surface area contributed by atoms with Crippen LogP contribution in [0.15, 0.2) is 84.9 Å². The third-order valence-electron chi connectivity index (χ3n) is 6.24. The summed E-state index contributed by atoms with van der Waals surface area (Å²) in [6.07, 6.45) is 4.06. The van der Waals surface area contributed by atoms with Gasteiger partial charge in [0.2, 0.25) is 0 Å². The lowest BCUT2D eigenvalue weighted by Gasteiger charge is -2.13. The Morgan fingerprint density at radius 2 is 0.906 bits per heavy atom. The molecule has 0 N–H and O–H groups in total. The molecule has 0 saturated heterocycles. The molecule has 5 rings (SSSR count). The average molecular weight is 417 g/mol. The lowest BCUT2D eigenvalue weighted by Crippen LogP contribution is -2.00. The van der Waals surface area contributed by atoms with Crippen molar-refractivity contribution in [1.29, 1.82) is 0 Å². The first-order valence-electron chi connectivity index (χ1n) is 11.4. The van der Waals surface area contributed by atoms with Gasteiger partial charge in [-0.2, -0.15) is 0 Å². The molecule has 0 unspecified atom stereocenters. The van der Waals surface area contributed by atoms with Crippen LogP contribution in [-0.2, 0) is 25.7 Å². The highest BCUT2D eigenvalue weighted by Gasteiger charge is 2.12. The first-order chi connectivity index (χ1) is 15.7. The zero-order chi connectivity index (χ0) is 21.9. The highest BCUT2D eigenvalue weighted by molar-refractivity contribution is 6.05. The fourth-order valence-electron chi connectivity index (χ4n) is 4.66. The Balaban J connectivity index is 1.55. The summed E-state index contributed by atoms with van der Waals surface area (Å²) in [5.74, 6) is 0. The highest BCUT2D eigenvalue weighted by Crippen LogP contribution is 2.29. The van der Waals surface area contributed by atoms with Crippen LogP contribution in [0, 0.1) is 13.8 Å². The largest absolute Gasteiger partial charge is 0.251 e. The number of rotatable bonds is 6. The van der Waals surface area contributed by atoms with E-state index in [1.54, 1.807) is 0 Å².